The third-order valence-corrected chi connectivity index (χ3v) is 6.43. The number of hydrogen-bond acceptors (Lipinski definition) is 2. The summed E-state index contributed by atoms with van der Waals surface area (Å²) in [6.45, 7) is 2.30. The highest BCUT2D eigenvalue weighted by Crippen LogP contribution is 2.15. The van der Waals surface area contributed by atoms with Gasteiger partial charge in [-0.25, -0.2) is 4.79 Å². The van der Waals surface area contributed by atoms with E-state index >= 15 is 0 Å². The van der Waals surface area contributed by atoms with Crippen LogP contribution in [0.15, 0.2) is 12.2 Å². The predicted octanol–water partition coefficient (Wildman–Crippen LogP) is 10.1. The monoisotopic (exact) mass is 436 g/mol. The molecule has 0 aromatic rings. The van der Waals surface area contributed by atoms with Gasteiger partial charge in [0.05, 0.1) is 7.11 Å². The van der Waals surface area contributed by atoms with Gasteiger partial charge in [0, 0.05) is 6.08 Å². The Morgan fingerprint density at radius 1 is 0.516 bits per heavy atom. The van der Waals surface area contributed by atoms with E-state index in [-0.39, 0.29) is 5.97 Å². The largest absolute Gasteiger partial charge is 0.466 e. The van der Waals surface area contributed by atoms with Gasteiger partial charge >= 0.3 is 5.97 Å². The summed E-state index contributed by atoms with van der Waals surface area (Å²) in [4.78, 5) is 10.9. The van der Waals surface area contributed by atoms with E-state index in [4.69, 9.17) is 0 Å². The maximum Gasteiger partial charge on any atom is 0.330 e. The molecule has 0 saturated carbocycles. The van der Waals surface area contributed by atoms with Crippen molar-refractivity contribution < 1.29 is 9.53 Å². The van der Waals surface area contributed by atoms with E-state index in [1.54, 1.807) is 0 Å². The third kappa shape index (κ3) is 27.2. The van der Waals surface area contributed by atoms with Crippen molar-refractivity contribution in [3.8, 4) is 0 Å². The first kappa shape index (κ1) is 30.2. The van der Waals surface area contributed by atoms with Crippen LogP contribution in [0.3, 0.4) is 0 Å². The van der Waals surface area contributed by atoms with Gasteiger partial charge in [-0.1, -0.05) is 154 Å². The second-order valence-corrected chi connectivity index (χ2v) is 9.49. The van der Waals surface area contributed by atoms with E-state index in [9.17, 15) is 4.79 Å². The van der Waals surface area contributed by atoms with Crippen LogP contribution in [0.5, 0.6) is 0 Å². The fourth-order valence-corrected chi connectivity index (χ4v) is 4.30. The number of esters is 1. The second kappa shape index (κ2) is 27.2. The third-order valence-electron chi connectivity index (χ3n) is 6.43. The summed E-state index contributed by atoms with van der Waals surface area (Å²) < 4.78 is 4.58. The molecule has 0 heterocycles. The van der Waals surface area contributed by atoms with Crippen molar-refractivity contribution in [2.75, 3.05) is 7.11 Å². The van der Waals surface area contributed by atoms with E-state index < -0.39 is 0 Å². The molecule has 2 heteroatoms. The number of carbonyl (C=O) groups is 1. The Hall–Kier alpha value is -0.790. The molecule has 0 unspecified atom stereocenters. The molecule has 0 bridgehead atoms. The molecule has 0 atom stereocenters. The van der Waals surface area contributed by atoms with Gasteiger partial charge in [0.15, 0.2) is 0 Å². The standard InChI is InChI=1S/C29H56O2/c1-3-4-5-6-7-8-9-10-11-12-13-14-15-16-17-18-19-20-21-22-23-24-25-26-27-28-29(30)31-2/h27-28H,3-26H2,1-2H3/b28-27+. The summed E-state index contributed by atoms with van der Waals surface area (Å²) in [7, 11) is 1.42. The van der Waals surface area contributed by atoms with Gasteiger partial charge in [0.25, 0.3) is 0 Å². The van der Waals surface area contributed by atoms with Gasteiger partial charge in [-0.15, -0.1) is 0 Å². The molecule has 0 amide bonds. The minimum absolute atomic E-state index is 0.242. The first-order valence-corrected chi connectivity index (χ1v) is 14.1. The Balaban J connectivity index is 3.05. The number of ether oxygens (including phenoxy) is 1. The second-order valence-electron chi connectivity index (χ2n) is 9.49. The average Bonchev–Trinajstić information content (AvgIpc) is 2.78. The summed E-state index contributed by atoms with van der Waals surface area (Å²) >= 11 is 0. The molecule has 0 spiro atoms. The zero-order valence-electron chi connectivity index (χ0n) is 21.4. The van der Waals surface area contributed by atoms with Crippen molar-refractivity contribution in [1.82, 2.24) is 0 Å². The summed E-state index contributed by atoms with van der Waals surface area (Å²) in [5.74, 6) is -0.242. The fourth-order valence-electron chi connectivity index (χ4n) is 4.30. The van der Waals surface area contributed by atoms with Gasteiger partial charge in [-0.3, -0.25) is 0 Å². The molecule has 0 aliphatic rings. The zero-order chi connectivity index (χ0) is 22.7. The summed E-state index contributed by atoms with van der Waals surface area (Å²) in [5, 5.41) is 0. The van der Waals surface area contributed by atoms with Gasteiger partial charge in [0.1, 0.15) is 0 Å². The molecule has 0 rings (SSSR count). The number of rotatable bonds is 25. The molecule has 0 fully saturated rings. The van der Waals surface area contributed by atoms with Crippen molar-refractivity contribution in [1.29, 1.82) is 0 Å². The first-order chi connectivity index (χ1) is 15.3. The van der Waals surface area contributed by atoms with Crippen LogP contribution in [0.2, 0.25) is 0 Å². The lowest BCUT2D eigenvalue weighted by atomic mass is 10.0. The van der Waals surface area contributed by atoms with E-state index in [2.05, 4.69) is 11.7 Å². The van der Waals surface area contributed by atoms with E-state index in [1.807, 2.05) is 6.08 Å². The van der Waals surface area contributed by atoms with Gasteiger partial charge < -0.3 is 4.74 Å². The van der Waals surface area contributed by atoms with E-state index in [1.165, 1.54) is 161 Å². The topological polar surface area (TPSA) is 26.3 Å². The van der Waals surface area contributed by atoms with Crippen molar-refractivity contribution >= 4 is 5.97 Å². The number of allylic oxidation sites excluding steroid dienone is 1. The van der Waals surface area contributed by atoms with Crippen molar-refractivity contribution in [2.24, 2.45) is 0 Å². The van der Waals surface area contributed by atoms with Crippen LogP contribution in [-0.4, -0.2) is 13.1 Å². The van der Waals surface area contributed by atoms with Gasteiger partial charge in [-0.05, 0) is 12.8 Å². The molecular weight excluding hydrogens is 380 g/mol. The van der Waals surface area contributed by atoms with Crippen LogP contribution in [0.4, 0.5) is 0 Å². The molecule has 0 N–H and O–H groups in total. The molecule has 0 saturated heterocycles. The predicted molar refractivity (Wildman–Crippen MR) is 138 cm³/mol. The average molecular weight is 437 g/mol. The maximum atomic E-state index is 10.9. The normalized spacial score (nSPS) is 11.4. The summed E-state index contributed by atoms with van der Waals surface area (Å²) in [5.41, 5.74) is 0. The number of unbranched alkanes of at least 4 members (excludes halogenated alkanes) is 23. The molecule has 0 aliphatic carbocycles. The highest BCUT2D eigenvalue weighted by Gasteiger charge is 1.96. The summed E-state index contributed by atoms with van der Waals surface area (Å²) in [6, 6.07) is 0. The lowest BCUT2D eigenvalue weighted by molar-refractivity contribution is -0.134. The van der Waals surface area contributed by atoms with Crippen molar-refractivity contribution in [2.45, 2.75) is 161 Å². The Labute approximate surface area is 196 Å². The number of carbonyl (C=O) groups excluding carboxylic acids is 1. The zero-order valence-corrected chi connectivity index (χ0v) is 21.4. The Kier molecular flexibility index (Phi) is 26.5. The molecule has 0 aromatic heterocycles. The number of methoxy groups -OCH3 is 1. The van der Waals surface area contributed by atoms with Crippen LogP contribution < -0.4 is 0 Å². The molecule has 0 aliphatic heterocycles. The van der Waals surface area contributed by atoms with Crippen molar-refractivity contribution in [3.63, 3.8) is 0 Å². The van der Waals surface area contributed by atoms with Crippen LogP contribution in [0.25, 0.3) is 0 Å². The number of hydrogen-bond donors (Lipinski definition) is 0. The van der Waals surface area contributed by atoms with E-state index in [0.29, 0.717) is 0 Å². The Morgan fingerprint density at radius 2 is 0.806 bits per heavy atom. The molecule has 2 nitrogen and oxygen atoms in total. The van der Waals surface area contributed by atoms with Gasteiger partial charge in [-0.2, -0.15) is 0 Å². The Bertz CT molecular complexity index is 375. The van der Waals surface area contributed by atoms with E-state index in [0.717, 1.165) is 6.42 Å². The van der Waals surface area contributed by atoms with Crippen LogP contribution >= 0.6 is 0 Å². The lowest BCUT2D eigenvalue weighted by Gasteiger charge is -2.04. The molecule has 184 valence electrons. The Morgan fingerprint density at radius 3 is 1.10 bits per heavy atom. The fraction of sp³-hybridized carbons (Fsp3) is 0.897. The smallest absolute Gasteiger partial charge is 0.330 e. The quantitative estimate of drug-likeness (QED) is 0.0808. The molecular formula is C29H56O2. The summed E-state index contributed by atoms with van der Waals surface area (Å²) in [6.07, 6.45) is 37.2. The van der Waals surface area contributed by atoms with Crippen LogP contribution in [-0.2, 0) is 9.53 Å². The highest BCUT2D eigenvalue weighted by molar-refractivity contribution is 5.81. The molecule has 0 radical (unpaired) electrons. The maximum absolute atomic E-state index is 10.9. The van der Waals surface area contributed by atoms with Crippen LogP contribution in [0, 0.1) is 0 Å². The SMILES string of the molecule is CCCCCCCCCCCCCCCCCCCCCCCCC/C=C/C(=O)OC. The van der Waals surface area contributed by atoms with Crippen LogP contribution in [0.1, 0.15) is 161 Å². The molecule has 31 heavy (non-hydrogen) atoms. The lowest BCUT2D eigenvalue weighted by Crippen LogP contribution is -1.93. The van der Waals surface area contributed by atoms with Gasteiger partial charge in [0.2, 0.25) is 0 Å². The van der Waals surface area contributed by atoms with Crippen molar-refractivity contribution in [3.05, 3.63) is 12.2 Å². The molecule has 0 aromatic carbocycles. The highest BCUT2D eigenvalue weighted by atomic mass is 16.5. The minimum Gasteiger partial charge on any atom is -0.466 e. The first-order valence-electron chi connectivity index (χ1n) is 14.1. The minimum atomic E-state index is -0.242.